The van der Waals surface area contributed by atoms with E-state index < -0.39 is 29.5 Å². The van der Waals surface area contributed by atoms with Gasteiger partial charge in [-0.25, -0.2) is 0 Å². The van der Waals surface area contributed by atoms with E-state index in [9.17, 15) is 26.3 Å². The molecule has 1 N–H and O–H groups in total. The Balaban J connectivity index is 1.85. The van der Waals surface area contributed by atoms with E-state index in [1.54, 1.807) is 4.90 Å². The molecular formula is C23H24F6N6. The molecule has 0 aliphatic carbocycles. The molecule has 6 nitrogen and oxygen atoms in total. The third-order valence-electron chi connectivity index (χ3n) is 5.96. The quantitative estimate of drug-likeness (QED) is 0.460. The summed E-state index contributed by atoms with van der Waals surface area (Å²) in [5.74, 6) is 0.121. The second-order valence-corrected chi connectivity index (χ2v) is 8.75. The van der Waals surface area contributed by atoms with Crippen LogP contribution in [-0.2, 0) is 25.9 Å². The first kappa shape index (κ1) is 24.8. The summed E-state index contributed by atoms with van der Waals surface area (Å²) in [6.07, 6.45) is -8.55. The molecule has 0 spiro atoms. The average Bonchev–Trinajstić information content (AvgIpc) is 3.06. The molecule has 0 fully saturated rings. The largest absolute Gasteiger partial charge is 0.416 e. The van der Waals surface area contributed by atoms with Gasteiger partial charge in [0.1, 0.15) is 0 Å². The van der Waals surface area contributed by atoms with E-state index in [-0.39, 0.29) is 24.1 Å². The molecule has 1 aliphatic heterocycles. The number of aromatic nitrogens is 4. The summed E-state index contributed by atoms with van der Waals surface area (Å²) in [6, 6.07) is 5.22. The second kappa shape index (κ2) is 9.04. The molecular weight excluding hydrogens is 474 g/mol. The molecule has 12 heteroatoms. The first-order chi connectivity index (χ1) is 16.3. The number of halogens is 6. The predicted molar refractivity (Wildman–Crippen MR) is 118 cm³/mol. The minimum atomic E-state index is -4.93. The summed E-state index contributed by atoms with van der Waals surface area (Å²) in [7, 11) is 1.54. The van der Waals surface area contributed by atoms with Gasteiger partial charge < -0.3 is 10.2 Å². The average molecular weight is 498 g/mol. The van der Waals surface area contributed by atoms with Crippen LogP contribution in [0.25, 0.3) is 0 Å². The number of anilines is 2. The van der Waals surface area contributed by atoms with Crippen molar-refractivity contribution in [1.82, 2.24) is 20.2 Å². The fraction of sp³-hybridized carbons (Fsp3) is 0.435. The normalized spacial score (nSPS) is 16.4. The van der Waals surface area contributed by atoms with Gasteiger partial charge in [-0.1, -0.05) is 22.8 Å². The van der Waals surface area contributed by atoms with Gasteiger partial charge in [-0.15, -0.1) is 5.10 Å². The van der Waals surface area contributed by atoms with Crippen molar-refractivity contribution in [2.75, 3.05) is 16.8 Å². The highest BCUT2D eigenvalue weighted by atomic mass is 19.4. The summed E-state index contributed by atoms with van der Waals surface area (Å²) in [4.78, 5) is 2.83. The van der Waals surface area contributed by atoms with E-state index in [1.807, 2.05) is 26.0 Å². The molecule has 0 bridgehead atoms. The van der Waals surface area contributed by atoms with Crippen LogP contribution in [0.2, 0.25) is 0 Å². The highest BCUT2D eigenvalue weighted by Crippen LogP contribution is 2.40. The topological polar surface area (TPSA) is 58.9 Å². The van der Waals surface area contributed by atoms with E-state index in [1.165, 1.54) is 11.8 Å². The Kier molecular flexibility index (Phi) is 6.41. The van der Waals surface area contributed by atoms with E-state index in [0.29, 0.717) is 13.0 Å². The number of benzene rings is 2. The van der Waals surface area contributed by atoms with E-state index in [2.05, 4.69) is 20.7 Å². The van der Waals surface area contributed by atoms with Crippen molar-refractivity contribution in [1.29, 1.82) is 0 Å². The van der Waals surface area contributed by atoms with Crippen LogP contribution in [0.15, 0.2) is 30.3 Å². The molecule has 2 heterocycles. The Morgan fingerprint density at radius 1 is 1.00 bits per heavy atom. The van der Waals surface area contributed by atoms with Gasteiger partial charge >= 0.3 is 12.4 Å². The molecule has 1 aliphatic rings. The number of alkyl halides is 6. The molecule has 2 aromatic carbocycles. The van der Waals surface area contributed by atoms with E-state index in [4.69, 9.17) is 0 Å². The summed E-state index contributed by atoms with van der Waals surface area (Å²) in [5, 5.41) is 15.5. The number of nitrogens with one attached hydrogen (secondary N) is 1. The first-order valence-electron chi connectivity index (χ1n) is 11.0. The SMILES string of the molecule is Cc1cc(C)c2c(c1)[C@@H](N(Cc1cc(C(F)(F)F)cc(C(F)(F)F)c1)c1nnn(C)n1)CCCN2. The van der Waals surface area contributed by atoms with Gasteiger partial charge in [0.2, 0.25) is 0 Å². The van der Waals surface area contributed by atoms with Gasteiger partial charge in [0, 0.05) is 18.8 Å². The molecule has 35 heavy (non-hydrogen) atoms. The molecule has 0 saturated carbocycles. The second-order valence-electron chi connectivity index (χ2n) is 8.75. The number of fused-ring (bicyclic) bond motifs is 1. The Bertz CT molecular complexity index is 1180. The maximum absolute atomic E-state index is 13.5. The van der Waals surface area contributed by atoms with Crippen LogP contribution in [0.3, 0.4) is 0 Å². The van der Waals surface area contributed by atoms with Gasteiger partial charge in [0.15, 0.2) is 0 Å². The standard InChI is InChI=1S/C23H24F6N6/c1-13-7-14(2)20-18(8-13)19(5-4-6-30-20)35(21-31-33-34(3)32-21)12-15-9-16(22(24,25)26)11-17(10-15)23(27,28)29/h7-11,19,30H,4-6,12H2,1-3H3/t19-/m0/s1. The minimum absolute atomic E-state index is 0.121. The molecule has 0 amide bonds. The van der Waals surface area contributed by atoms with Crippen LogP contribution in [0.4, 0.5) is 38.0 Å². The van der Waals surface area contributed by atoms with E-state index >= 15 is 0 Å². The lowest BCUT2D eigenvalue weighted by Gasteiger charge is -2.32. The zero-order valence-corrected chi connectivity index (χ0v) is 19.3. The Hall–Kier alpha value is -3.31. The van der Waals surface area contributed by atoms with E-state index in [0.717, 1.165) is 40.9 Å². The highest BCUT2D eigenvalue weighted by molar-refractivity contribution is 5.62. The fourth-order valence-corrected chi connectivity index (χ4v) is 4.51. The van der Waals surface area contributed by atoms with Gasteiger partial charge in [-0.3, -0.25) is 0 Å². The molecule has 0 unspecified atom stereocenters. The molecule has 1 aromatic heterocycles. The van der Waals surface area contributed by atoms with Crippen molar-refractivity contribution in [2.45, 2.75) is 51.6 Å². The Morgan fingerprint density at radius 2 is 1.66 bits per heavy atom. The molecule has 188 valence electrons. The van der Waals surface area contributed by atoms with Gasteiger partial charge in [-0.2, -0.15) is 31.1 Å². The Labute approximate surface area is 197 Å². The van der Waals surface area contributed by atoms with Crippen molar-refractivity contribution < 1.29 is 26.3 Å². The summed E-state index contributed by atoms with van der Waals surface area (Å²) in [5.41, 5.74) is 0.899. The van der Waals surface area contributed by atoms with Crippen LogP contribution in [-0.4, -0.2) is 26.8 Å². The van der Waals surface area contributed by atoms with Crippen molar-refractivity contribution >= 4 is 11.6 Å². The minimum Gasteiger partial charge on any atom is -0.385 e. The van der Waals surface area contributed by atoms with Crippen LogP contribution >= 0.6 is 0 Å². The van der Waals surface area contributed by atoms with Crippen molar-refractivity contribution in [3.63, 3.8) is 0 Å². The van der Waals surface area contributed by atoms with Crippen molar-refractivity contribution in [2.24, 2.45) is 7.05 Å². The first-order valence-corrected chi connectivity index (χ1v) is 11.0. The van der Waals surface area contributed by atoms with Gasteiger partial charge in [-0.05, 0) is 66.8 Å². The molecule has 1 atom stereocenters. The fourth-order valence-electron chi connectivity index (χ4n) is 4.51. The maximum atomic E-state index is 13.5. The van der Waals surface area contributed by atoms with Crippen molar-refractivity contribution in [3.05, 3.63) is 63.7 Å². The number of hydrogen-bond donors (Lipinski definition) is 1. The maximum Gasteiger partial charge on any atom is 0.416 e. The van der Waals surface area contributed by atoms with Crippen LogP contribution in [0.5, 0.6) is 0 Å². The summed E-state index contributed by atoms with van der Waals surface area (Å²) < 4.78 is 80.8. The number of aryl methyl sites for hydroxylation is 3. The molecule has 0 saturated heterocycles. The highest BCUT2D eigenvalue weighted by Gasteiger charge is 2.37. The van der Waals surface area contributed by atoms with Crippen molar-refractivity contribution in [3.8, 4) is 0 Å². The number of tetrazole rings is 1. The lowest BCUT2D eigenvalue weighted by molar-refractivity contribution is -0.143. The summed E-state index contributed by atoms with van der Waals surface area (Å²) in [6.45, 7) is 4.30. The molecule has 4 rings (SSSR count). The third kappa shape index (κ3) is 5.35. The monoisotopic (exact) mass is 498 g/mol. The number of hydrogen-bond acceptors (Lipinski definition) is 5. The zero-order valence-electron chi connectivity index (χ0n) is 19.3. The van der Waals surface area contributed by atoms with Gasteiger partial charge in [0.25, 0.3) is 5.95 Å². The lowest BCUT2D eigenvalue weighted by atomic mass is 9.95. The van der Waals surface area contributed by atoms with Crippen LogP contribution in [0.1, 0.15) is 52.3 Å². The smallest absolute Gasteiger partial charge is 0.385 e. The molecule has 3 aromatic rings. The van der Waals surface area contributed by atoms with Crippen LogP contribution in [0, 0.1) is 13.8 Å². The summed E-state index contributed by atoms with van der Waals surface area (Å²) >= 11 is 0. The lowest BCUT2D eigenvalue weighted by Crippen LogP contribution is -2.30. The predicted octanol–water partition coefficient (Wildman–Crippen LogP) is 5.82. The zero-order chi connectivity index (χ0) is 25.5. The van der Waals surface area contributed by atoms with Gasteiger partial charge in [0.05, 0.1) is 24.2 Å². The molecule has 0 radical (unpaired) electrons. The third-order valence-corrected chi connectivity index (χ3v) is 5.96. The Morgan fingerprint density at radius 3 is 2.23 bits per heavy atom. The number of nitrogens with zero attached hydrogens (tertiary/aromatic N) is 5. The number of rotatable bonds is 4. The van der Waals surface area contributed by atoms with Crippen LogP contribution < -0.4 is 10.2 Å².